The Morgan fingerprint density at radius 3 is 2.06 bits per heavy atom. The molecule has 0 unspecified atom stereocenters. The molecule has 0 atom stereocenters. The Labute approximate surface area is 104 Å². The third-order valence-corrected chi connectivity index (χ3v) is 4.22. The summed E-state index contributed by atoms with van der Waals surface area (Å²) in [4.78, 5) is 20.4. The Hall–Kier alpha value is -0.360. The van der Waals surface area contributed by atoms with E-state index in [0.29, 0.717) is 0 Å². The molecule has 0 saturated heterocycles. The zero-order valence-electron chi connectivity index (χ0n) is 9.18. The standard InChI is InChI=1S/C10H18O4S2/c11-9(12)6-4-2-1-3-5-7-15-16-8-10(13)14/h1-8H2,(H,11,12)(H,13,14). The summed E-state index contributed by atoms with van der Waals surface area (Å²) in [7, 11) is 2.96. The van der Waals surface area contributed by atoms with Gasteiger partial charge in [-0.2, -0.15) is 0 Å². The molecule has 6 heteroatoms. The summed E-state index contributed by atoms with van der Waals surface area (Å²) in [6.45, 7) is 0. The van der Waals surface area contributed by atoms with E-state index in [0.717, 1.165) is 37.9 Å². The first-order chi connectivity index (χ1) is 7.63. The first-order valence-corrected chi connectivity index (χ1v) is 7.79. The summed E-state index contributed by atoms with van der Waals surface area (Å²) in [6.07, 6.45) is 5.24. The van der Waals surface area contributed by atoms with Crippen molar-refractivity contribution in [1.82, 2.24) is 0 Å². The summed E-state index contributed by atoms with van der Waals surface area (Å²) in [5.74, 6) is -0.369. The van der Waals surface area contributed by atoms with Crippen LogP contribution in [-0.2, 0) is 9.59 Å². The number of hydrogen-bond donors (Lipinski definition) is 2. The van der Waals surface area contributed by atoms with Crippen molar-refractivity contribution in [2.75, 3.05) is 11.5 Å². The highest BCUT2D eigenvalue weighted by Gasteiger charge is 1.98. The van der Waals surface area contributed by atoms with Gasteiger partial charge in [0.05, 0.1) is 0 Å². The van der Waals surface area contributed by atoms with Crippen LogP contribution in [0.15, 0.2) is 0 Å². The molecule has 16 heavy (non-hydrogen) atoms. The Kier molecular flexibility index (Phi) is 10.9. The van der Waals surface area contributed by atoms with Crippen LogP contribution in [0.5, 0.6) is 0 Å². The van der Waals surface area contributed by atoms with Gasteiger partial charge in [0.1, 0.15) is 5.75 Å². The van der Waals surface area contributed by atoms with E-state index in [1.807, 2.05) is 0 Å². The predicted molar refractivity (Wildman–Crippen MR) is 67.9 cm³/mol. The number of rotatable bonds is 11. The van der Waals surface area contributed by atoms with Crippen LogP contribution in [0.3, 0.4) is 0 Å². The average molecular weight is 266 g/mol. The van der Waals surface area contributed by atoms with E-state index < -0.39 is 11.9 Å². The van der Waals surface area contributed by atoms with E-state index >= 15 is 0 Å². The monoisotopic (exact) mass is 266 g/mol. The molecule has 0 amide bonds. The van der Waals surface area contributed by atoms with Crippen molar-refractivity contribution in [2.24, 2.45) is 0 Å². The largest absolute Gasteiger partial charge is 0.481 e. The van der Waals surface area contributed by atoms with Crippen LogP contribution in [-0.4, -0.2) is 33.7 Å². The van der Waals surface area contributed by atoms with Crippen molar-refractivity contribution in [3.63, 3.8) is 0 Å². The zero-order valence-corrected chi connectivity index (χ0v) is 10.8. The lowest BCUT2D eigenvalue weighted by Crippen LogP contribution is -1.96. The van der Waals surface area contributed by atoms with E-state index in [4.69, 9.17) is 10.2 Å². The molecule has 4 nitrogen and oxygen atoms in total. The summed E-state index contributed by atoms with van der Waals surface area (Å²) in [6, 6.07) is 0. The van der Waals surface area contributed by atoms with Gasteiger partial charge in [0.2, 0.25) is 0 Å². The average Bonchev–Trinajstić information content (AvgIpc) is 2.20. The minimum atomic E-state index is -0.772. The summed E-state index contributed by atoms with van der Waals surface area (Å²) >= 11 is 0. The number of carboxylic acid groups (broad SMARTS) is 2. The van der Waals surface area contributed by atoms with E-state index in [-0.39, 0.29) is 12.2 Å². The molecule has 0 aliphatic carbocycles. The van der Waals surface area contributed by atoms with E-state index in [1.165, 1.54) is 10.8 Å². The fourth-order valence-corrected chi connectivity index (χ4v) is 3.00. The Balaban J connectivity index is 2.98. The van der Waals surface area contributed by atoms with E-state index in [9.17, 15) is 9.59 Å². The zero-order chi connectivity index (χ0) is 12.2. The third-order valence-electron chi connectivity index (χ3n) is 1.88. The molecule has 0 aliphatic heterocycles. The van der Waals surface area contributed by atoms with Gasteiger partial charge in [0.25, 0.3) is 0 Å². The maximum absolute atomic E-state index is 10.2. The quantitative estimate of drug-likeness (QED) is 0.442. The molecule has 0 rings (SSSR count). The molecule has 0 aromatic heterocycles. The molecular weight excluding hydrogens is 248 g/mol. The molecule has 0 radical (unpaired) electrons. The van der Waals surface area contributed by atoms with Gasteiger partial charge in [0.15, 0.2) is 0 Å². The van der Waals surface area contributed by atoms with Gasteiger partial charge in [-0.1, -0.05) is 40.9 Å². The molecule has 0 spiro atoms. The topological polar surface area (TPSA) is 74.6 Å². The highest BCUT2D eigenvalue weighted by molar-refractivity contribution is 8.76. The van der Waals surface area contributed by atoms with Crippen molar-refractivity contribution in [2.45, 2.75) is 38.5 Å². The van der Waals surface area contributed by atoms with Gasteiger partial charge in [-0.25, -0.2) is 0 Å². The summed E-state index contributed by atoms with van der Waals surface area (Å²) < 4.78 is 0. The van der Waals surface area contributed by atoms with Crippen molar-refractivity contribution in [3.05, 3.63) is 0 Å². The van der Waals surface area contributed by atoms with Crippen LogP contribution in [0.1, 0.15) is 38.5 Å². The van der Waals surface area contributed by atoms with Gasteiger partial charge < -0.3 is 10.2 Å². The van der Waals surface area contributed by atoms with Crippen LogP contribution >= 0.6 is 21.6 Å². The van der Waals surface area contributed by atoms with Crippen LogP contribution < -0.4 is 0 Å². The third kappa shape index (κ3) is 13.6. The summed E-state index contributed by atoms with van der Waals surface area (Å²) in [5.41, 5.74) is 0. The van der Waals surface area contributed by atoms with Gasteiger partial charge in [-0.05, 0) is 12.8 Å². The first-order valence-electron chi connectivity index (χ1n) is 5.31. The number of aliphatic carboxylic acids is 2. The van der Waals surface area contributed by atoms with Gasteiger partial charge in [0, 0.05) is 12.2 Å². The van der Waals surface area contributed by atoms with Gasteiger partial charge in [-0.15, -0.1) is 0 Å². The lowest BCUT2D eigenvalue weighted by Gasteiger charge is -2.00. The van der Waals surface area contributed by atoms with Crippen molar-refractivity contribution >= 4 is 33.5 Å². The number of carbonyl (C=O) groups is 2. The molecule has 0 fully saturated rings. The van der Waals surface area contributed by atoms with Crippen LogP contribution in [0, 0.1) is 0 Å². The Morgan fingerprint density at radius 1 is 0.812 bits per heavy atom. The maximum atomic E-state index is 10.2. The smallest absolute Gasteiger partial charge is 0.314 e. The molecule has 0 aliphatic rings. The van der Waals surface area contributed by atoms with Crippen molar-refractivity contribution < 1.29 is 19.8 Å². The van der Waals surface area contributed by atoms with Gasteiger partial charge in [-0.3, -0.25) is 9.59 Å². The SMILES string of the molecule is O=C(O)CCCCCCCSSCC(=O)O. The first kappa shape index (κ1) is 15.6. The fourth-order valence-electron chi connectivity index (χ4n) is 1.12. The molecule has 94 valence electrons. The van der Waals surface area contributed by atoms with Crippen LogP contribution in [0.25, 0.3) is 0 Å². The number of carboxylic acids is 2. The number of unbranched alkanes of at least 4 members (excludes halogenated alkanes) is 4. The van der Waals surface area contributed by atoms with Crippen LogP contribution in [0.4, 0.5) is 0 Å². The maximum Gasteiger partial charge on any atom is 0.314 e. The Bertz CT molecular complexity index is 187. The van der Waals surface area contributed by atoms with E-state index in [2.05, 4.69) is 0 Å². The number of hydrogen-bond acceptors (Lipinski definition) is 4. The van der Waals surface area contributed by atoms with Crippen LogP contribution in [0.2, 0.25) is 0 Å². The lowest BCUT2D eigenvalue weighted by atomic mass is 10.1. The second kappa shape index (κ2) is 11.1. The molecule has 0 bridgehead atoms. The molecule has 0 aromatic carbocycles. The molecule has 0 saturated carbocycles. The second-order valence-electron chi connectivity index (χ2n) is 3.39. The molecule has 0 heterocycles. The van der Waals surface area contributed by atoms with Gasteiger partial charge >= 0.3 is 11.9 Å². The van der Waals surface area contributed by atoms with E-state index in [1.54, 1.807) is 10.8 Å². The minimum absolute atomic E-state index is 0.156. The molecule has 0 aromatic rings. The second-order valence-corrected chi connectivity index (χ2v) is 5.97. The molecular formula is C10H18O4S2. The highest BCUT2D eigenvalue weighted by atomic mass is 33.1. The van der Waals surface area contributed by atoms with Crippen molar-refractivity contribution in [1.29, 1.82) is 0 Å². The lowest BCUT2D eigenvalue weighted by molar-refractivity contribution is -0.137. The highest BCUT2D eigenvalue weighted by Crippen LogP contribution is 2.22. The molecule has 2 N–H and O–H groups in total. The Morgan fingerprint density at radius 2 is 1.44 bits per heavy atom. The predicted octanol–water partition coefficient (Wildman–Crippen LogP) is 2.88. The normalized spacial score (nSPS) is 10.2. The van der Waals surface area contributed by atoms with Crippen molar-refractivity contribution in [3.8, 4) is 0 Å². The fraction of sp³-hybridized carbons (Fsp3) is 0.800. The minimum Gasteiger partial charge on any atom is -0.481 e. The summed E-state index contributed by atoms with van der Waals surface area (Å²) in [5, 5.41) is 16.8.